The molecule has 0 spiro atoms. The Kier molecular flexibility index (Phi) is 1.50. The van der Waals surface area contributed by atoms with E-state index in [1.54, 1.807) is 0 Å². The molecule has 1 aromatic carbocycles. The molecule has 2 heterocycles. The van der Waals surface area contributed by atoms with Crippen LogP contribution in [0.2, 0.25) is 0 Å². The highest BCUT2D eigenvalue weighted by atomic mass is 15.0. The Hall–Kier alpha value is -1.28. The number of aryl methyl sites for hydroxylation is 2. The molecule has 1 aromatic heterocycles. The van der Waals surface area contributed by atoms with E-state index in [2.05, 4.69) is 35.8 Å². The van der Waals surface area contributed by atoms with Crippen molar-refractivity contribution in [3.05, 3.63) is 35.5 Å². The first-order chi connectivity index (χ1) is 6.75. The molecule has 0 saturated heterocycles. The molecule has 14 heavy (non-hydrogen) atoms. The SMILES string of the molecule is Cc1ccc2c(c1)cc1n2CCC1N. The average molecular weight is 186 g/mol. The summed E-state index contributed by atoms with van der Waals surface area (Å²) in [7, 11) is 0. The second-order valence-electron chi connectivity index (χ2n) is 4.18. The van der Waals surface area contributed by atoms with Gasteiger partial charge in [-0.3, -0.25) is 0 Å². The van der Waals surface area contributed by atoms with E-state index in [4.69, 9.17) is 5.73 Å². The maximum absolute atomic E-state index is 6.03. The van der Waals surface area contributed by atoms with Crippen LogP contribution in [0.1, 0.15) is 23.7 Å². The second kappa shape index (κ2) is 2.61. The Balaban J connectivity index is 2.34. The van der Waals surface area contributed by atoms with E-state index in [1.807, 2.05) is 0 Å². The van der Waals surface area contributed by atoms with Crippen LogP contribution in [0.3, 0.4) is 0 Å². The van der Waals surface area contributed by atoms with Gasteiger partial charge in [0.1, 0.15) is 0 Å². The van der Waals surface area contributed by atoms with Gasteiger partial charge >= 0.3 is 0 Å². The summed E-state index contributed by atoms with van der Waals surface area (Å²) in [5, 5.41) is 1.33. The summed E-state index contributed by atoms with van der Waals surface area (Å²) < 4.78 is 2.35. The molecule has 2 N–H and O–H groups in total. The molecule has 0 saturated carbocycles. The Morgan fingerprint density at radius 3 is 3.07 bits per heavy atom. The number of nitrogens with zero attached hydrogens (tertiary/aromatic N) is 1. The molecule has 0 aliphatic carbocycles. The second-order valence-corrected chi connectivity index (χ2v) is 4.18. The Morgan fingerprint density at radius 1 is 1.36 bits per heavy atom. The number of nitrogens with two attached hydrogens (primary N) is 1. The van der Waals surface area contributed by atoms with E-state index in [0.717, 1.165) is 13.0 Å². The fraction of sp³-hybridized carbons (Fsp3) is 0.333. The normalized spacial score (nSPS) is 20.3. The van der Waals surface area contributed by atoms with E-state index in [1.165, 1.54) is 22.2 Å². The molecule has 2 heteroatoms. The van der Waals surface area contributed by atoms with Crippen molar-refractivity contribution >= 4 is 10.9 Å². The first-order valence-corrected chi connectivity index (χ1v) is 5.11. The zero-order valence-electron chi connectivity index (χ0n) is 8.33. The van der Waals surface area contributed by atoms with Gasteiger partial charge in [0.05, 0.1) is 0 Å². The molecule has 0 amide bonds. The predicted octanol–water partition coefficient (Wildman–Crippen LogP) is 2.35. The van der Waals surface area contributed by atoms with Gasteiger partial charge in [-0.25, -0.2) is 0 Å². The van der Waals surface area contributed by atoms with E-state index in [-0.39, 0.29) is 6.04 Å². The molecule has 1 aliphatic heterocycles. The largest absolute Gasteiger partial charge is 0.343 e. The van der Waals surface area contributed by atoms with Crippen LogP contribution in [0.15, 0.2) is 24.3 Å². The molecule has 0 bridgehead atoms. The number of rotatable bonds is 0. The Bertz CT molecular complexity index is 496. The summed E-state index contributed by atoms with van der Waals surface area (Å²) >= 11 is 0. The van der Waals surface area contributed by atoms with Crippen molar-refractivity contribution < 1.29 is 0 Å². The number of hydrogen-bond donors (Lipinski definition) is 1. The van der Waals surface area contributed by atoms with Crippen molar-refractivity contribution in [3.8, 4) is 0 Å². The topological polar surface area (TPSA) is 30.9 Å². The van der Waals surface area contributed by atoms with Crippen molar-refractivity contribution in [2.45, 2.75) is 25.9 Å². The third-order valence-corrected chi connectivity index (χ3v) is 3.13. The van der Waals surface area contributed by atoms with Gasteiger partial charge in [-0.1, -0.05) is 11.6 Å². The Labute approximate surface area is 83.3 Å². The fourth-order valence-electron chi connectivity index (χ4n) is 2.38. The molecule has 0 fully saturated rings. The minimum Gasteiger partial charge on any atom is -0.343 e. The third kappa shape index (κ3) is 0.946. The molecular weight excluding hydrogens is 172 g/mol. The van der Waals surface area contributed by atoms with E-state index >= 15 is 0 Å². The van der Waals surface area contributed by atoms with Crippen LogP contribution in [0.4, 0.5) is 0 Å². The molecular formula is C12H14N2. The molecule has 2 nitrogen and oxygen atoms in total. The first-order valence-electron chi connectivity index (χ1n) is 5.11. The highest BCUT2D eigenvalue weighted by Gasteiger charge is 2.20. The van der Waals surface area contributed by atoms with Gasteiger partial charge in [-0.2, -0.15) is 0 Å². The minimum absolute atomic E-state index is 0.239. The quantitative estimate of drug-likeness (QED) is 0.672. The van der Waals surface area contributed by atoms with Crippen molar-refractivity contribution in [2.75, 3.05) is 0 Å². The van der Waals surface area contributed by atoms with Gasteiger partial charge in [0.2, 0.25) is 0 Å². The van der Waals surface area contributed by atoms with Crippen LogP contribution in [0.25, 0.3) is 10.9 Å². The summed E-state index contributed by atoms with van der Waals surface area (Å²) in [6, 6.07) is 9.07. The van der Waals surface area contributed by atoms with Gasteiger partial charge in [0.15, 0.2) is 0 Å². The standard InChI is InChI=1S/C12H14N2/c1-8-2-3-11-9(6-8)7-12-10(13)4-5-14(11)12/h2-3,6-7,10H,4-5,13H2,1H3. The Morgan fingerprint density at radius 2 is 2.21 bits per heavy atom. The lowest BCUT2D eigenvalue weighted by Gasteiger charge is -1.99. The summed E-state index contributed by atoms with van der Waals surface area (Å²) in [5.74, 6) is 0. The van der Waals surface area contributed by atoms with Crippen molar-refractivity contribution in [1.82, 2.24) is 4.57 Å². The lowest BCUT2D eigenvalue weighted by molar-refractivity contribution is 0.691. The third-order valence-electron chi connectivity index (χ3n) is 3.13. The summed E-state index contributed by atoms with van der Waals surface area (Å²) in [6.07, 6.45) is 1.08. The molecule has 2 aromatic rings. The lowest BCUT2D eigenvalue weighted by Crippen LogP contribution is -2.04. The summed E-state index contributed by atoms with van der Waals surface area (Å²) in [4.78, 5) is 0. The first kappa shape index (κ1) is 8.06. The van der Waals surface area contributed by atoms with Crippen LogP contribution in [-0.4, -0.2) is 4.57 Å². The molecule has 72 valence electrons. The zero-order chi connectivity index (χ0) is 9.71. The van der Waals surface area contributed by atoms with Gasteiger partial charge < -0.3 is 10.3 Å². The van der Waals surface area contributed by atoms with E-state index in [0.29, 0.717) is 0 Å². The summed E-state index contributed by atoms with van der Waals surface area (Å²) in [5.41, 5.74) is 9.97. The molecule has 3 rings (SSSR count). The number of fused-ring (bicyclic) bond motifs is 3. The fourth-order valence-corrected chi connectivity index (χ4v) is 2.38. The van der Waals surface area contributed by atoms with E-state index in [9.17, 15) is 0 Å². The smallest absolute Gasteiger partial charge is 0.0483 e. The minimum atomic E-state index is 0.239. The predicted molar refractivity (Wildman–Crippen MR) is 58.2 cm³/mol. The summed E-state index contributed by atoms with van der Waals surface area (Å²) in [6.45, 7) is 3.20. The van der Waals surface area contributed by atoms with Crippen LogP contribution in [0.5, 0.6) is 0 Å². The van der Waals surface area contributed by atoms with Crippen molar-refractivity contribution in [1.29, 1.82) is 0 Å². The van der Waals surface area contributed by atoms with Crippen LogP contribution in [-0.2, 0) is 6.54 Å². The molecule has 0 radical (unpaired) electrons. The average Bonchev–Trinajstić information content (AvgIpc) is 2.66. The maximum Gasteiger partial charge on any atom is 0.0483 e. The zero-order valence-corrected chi connectivity index (χ0v) is 8.33. The van der Waals surface area contributed by atoms with Gasteiger partial charge in [-0.15, -0.1) is 0 Å². The number of hydrogen-bond acceptors (Lipinski definition) is 1. The lowest BCUT2D eigenvalue weighted by atomic mass is 10.1. The van der Waals surface area contributed by atoms with Crippen molar-refractivity contribution in [3.63, 3.8) is 0 Å². The van der Waals surface area contributed by atoms with Crippen molar-refractivity contribution in [2.24, 2.45) is 5.73 Å². The molecule has 1 unspecified atom stereocenters. The van der Waals surface area contributed by atoms with Gasteiger partial charge in [0, 0.05) is 29.2 Å². The number of benzene rings is 1. The maximum atomic E-state index is 6.03. The van der Waals surface area contributed by atoms with Gasteiger partial charge in [-0.05, 0) is 31.5 Å². The van der Waals surface area contributed by atoms with Crippen LogP contribution >= 0.6 is 0 Å². The number of aromatic nitrogens is 1. The highest BCUT2D eigenvalue weighted by Crippen LogP contribution is 2.31. The van der Waals surface area contributed by atoms with Crippen LogP contribution in [0, 0.1) is 6.92 Å². The highest BCUT2D eigenvalue weighted by molar-refractivity contribution is 5.82. The van der Waals surface area contributed by atoms with Gasteiger partial charge in [0.25, 0.3) is 0 Å². The van der Waals surface area contributed by atoms with E-state index < -0.39 is 0 Å². The van der Waals surface area contributed by atoms with Crippen LogP contribution < -0.4 is 5.73 Å². The molecule has 1 atom stereocenters. The molecule has 1 aliphatic rings. The monoisotopic (exact) mass is 186 g/mol.